The normalized spacial score (nSPS) is 11.2. The van der Waals surface area contributed by atoms with E-state index in [1.165, 1.54) is 6.07 Å². The number of nitrogens with zero attached hydrogens (tertiary/aromatic N) is 2. The summed E-state index contributed by atoms with van der Waals surface area (Å²) in [6, 6.07) is 2.88. The molecule has 0 spiro atoms. The fraction of sp³-hybridized carbons (Fsp3) is 0.400. The van der Waals surface area contributed by atoms with Crippen molar-refractivity contribution in [1.29, 1.82) is 0 Å². The van der Waals surface area contributed by atoms with Crippen LogP contribution in [0.3, 0.4) is 0 Å². The van der Waals surface area contributed by atoms with Crippen molar-refractivity contribution in [3.05, 3.63) is 34.9 Å². The van der Waals surface area contributed by atoms with E-state index in [-0.39, 0.29) is 11.9 Å². The highest BCUT2D eigenvalue weighted by atomic mass is 19.1. The molecular weight excluding hydrogens is 257 g/mol. The van der Waals surface area contributed by atoms with Gasteiger partial charge >= 0.3 is 0 Å². The summed E-state index contributed by atoms with van der Waals surface area (Å²) in [5, 5.41) is 4.45. The van der Waals surface area contributed by atoms with Gasteiger partial charge in [-0.05, 0) is 40.2 Å². The van der Waals surface area contributed by atoms with Gasteiger partial charge in [0.25, 0.3) is 0 Å². The minimum Gasteiger partial charge on any atom is -0.488 e. The molecule has 5 heteroatoms. The molecule has 0 bridgehead atoms. The molecule has 20 heavy (non-hydrogen) atoms. The summed E-state index contributed by atoms with van der Waals surface area (Å²) in [6.07, 6.45) is -0.108. The van der Waals surface area contributed by atoms with E-state index in [9.17, 15) is 4.39 Å². The molecule has 0 unspecified atom stereocenters. The maximum Gasteiger partial charge on any atom is 0.167 e. The molecule has 0 aliphatic heterocycles. The molecule has 0 aliphatic carbocycles. The number of aryl methyl sites for hydroxylation is 1. The molecule has 0 saturated carbocycles. The highest BCUT2D eigenvalue weighted by Gasteiger charge is 2.15. The van der Waals surface area contributed by atoms with E-state index < -0.39 is 5.82 Å². The molecule has 0 atom stereocenters. The van der Waals surface area contributed by atoms with Gasteiger partial charge in [0.05, 0.1) is 23.2 Å². The Hall–Kier alpha value is -2.04. The third-order valence-corrected chi connectivity index (χ3v) is 3.33. The molecule has 0 fully saturated rings. The zero-order chi connectivity index (χ0) is 15.0. The Morgan fingerprint density at radius 3 is 2.40 bits per heavy atom. The molecule has 2 aromatic rings. The Kier molecular flexibility index (Phi) is 3.70. The van der Waals surface area contributed by atoms with Gasteiger partial charge in [-0.2, -0.15) is 5.10 Å². The van der Waals surface area contributed by atoms with E-state index in [2.05, 4.69) is 5.10 Å². The second kappa shape index (κ2) is 5.15. The average molecular weight is 277 g/mol. The van der Waals surface area contributed by atoms with Crippen LogP contribution in [0.1, 0.15) is 30.8 Å². The second-order valence-corrected chi connectivity index (χ2v) is 5.22. The lowest BCUT2D eigenvalue weighted by molar-refractivity contribution is 0.231. The van der Waals surface area contributed by atoms with E-state index in [1.54, 1.807) is 10.7 Å². The van der Waals surface area contributed by atoms with Crippen LogP contribution in [0.25, 0.3) is 5.69 Å². The predicted octanol–water partition coefficient (Wildman–Crippen LogP) is 3.31. The number of nitrogen functional groups attached to an aromatic ring is 1. The molecule has 0 saturated heterocycles. The second-order valence-electron chi connectivity index (χ2n) is 5.22. The maximum absolute atomic E-state index is 13.9. The number of rotatable bonds is 3. The zero-order valence-corrected chi connectivity index (χ0v) is 12.5. The first-order valence-electron chi connectivity index (χ1n) is 6.60. The molecule has 2 N–H and O–H groups in total. The van der Waals surface area contributed by atoms with Gasteiger partial charge in [-0.25, -0.2) is 9.07 Å². The number of halogens is 1. The van der Waals surface area contributed by atoms with Crippen molar-refractivity contribution < 1.29 is 9.13 Å². The largest absolute Gasteiger partial charge is 0.488 e. The first kappa shape index (κ1) is 14.4. The molecule has 1 aromatic carbocycles. The number of aromatic nitrogens is 2. The van der Waals surface area contributed by atoms with Crippen LogP contribution in [0.2, 0.25) is 0 Å². The van der Waals surface area contributed by atoms with Gasteiger partial charge < -0.3 is 10.5 Å². The van der Waals surface area contributed by atoms with Gasteiger partial charge in [0.2, 0.25) is 0 Å². The summed E-state index contributed by atoms with van der Waals surface area (Å²) >= 11 is 0. The molecule has 2 rings (SSSR count). The standard InChI is InChI=1S/C15H20FN3O/c1-8(2)20-15-7-14(13(17)6-12(15)16)19-11(5)9(3)10(4)18-19/h6-8H,17H2,1-5H3. The number of hydrogen-bond acceptors (Lipinski definition) is 3. The number of hydrogen-bond donors (Lipinski definition) is 1. The Labute approximate surface area is 118 Å². The summed E-state index contributed by atoms with van der Waals surface area (Å²) in [6.45, 7) is 9.59. The molecule has 108 valence electrons. The van der Waals surface area contributed by atoms with Gasteiger partial charge in [-0.1, -0.05) is 0 Å². The molecule has 0 amide bonds. The maximum atomic E-state index is 13.9. The van der Waals surface area contributed by atoms with E-state index in [4.69, 9.17) is 10.5 Å². The Morgan fingerprint density at radius 1 is 1.25 bits per heavy atom. The van der Waals surface area contributed by atoms with Crippen molar-refractivity contribution in [1.82, 2.24) is 9.78 Å². The topological polar surface area (TPSA) is 53.1 Å². The van der Waals surface area contributed by atoms with Crippen LogP contribution in [-0.4, -0.2) is 15.9 Å². The van der Waals surface area contributed by atoms with Crippen molar-refractivity contribution in [3.63, 3.8) is 0 Å². The van der Waals surface area contributed by atoms with Gasteiger partial charge in [0, 0.05) is 17.8 Å². The van der Waals surface area contributed by atoms with Gasteiger partial charge in [0.1, 0.15) is 0 Å². The third kappa shape index (κ3) is 2.48. The number of ether oxygens (including phenoxy) is 1. The van der Waals surface area contributed by atoms with Crippen molar-refractivity contribution >= 4 is 5.69 Å². The van der Waals surface area contributed by atoms with Crippen molar-refractivity contribution in [3.8, 4) is 11.4 Å². The molecule has 4 nitrogen and oxygen atoms in total. The first-order chi connectivity index (χ1) is 9.31. The highest BCUT2D eigenvalue weighted by molar-refractivity contribution is 5.61. The molecule has 1 heterocycles. The van der Waals surface area contributed by atoms with E-state index >= 15 is 0 Å². The Balaban J connectivity index is 2.58. The zero-order valence-electron chi connectivity index (χ0n) is 12.5. The van der Waals surface area contributed by atoms with E-state index in [1.807, 2.05) is 34.6 Å². The van der Waals surface area contributed by atoms with Crippen molar-refractivity contribution in [2.75, 3.05) is 5.73 Å². The molecular formula is C15H20FN3O. The lowest BCUT2D eigenvalue weighted by Gasteiger charge is -2.14. The quantitative estimate of drug-likeness (QED) is 0.876. The number of nitrogens with two attached hydrogens (primary N) is 1. The smallest absolute Gasteiger partial charge is 0.167 e. The van der Waals surface area contributed by atoms with E-state index in [0.717, 1.165) is 17.0 Å². The van der Waals surface area contributed by atoms with Gasteiger partial charge in [0.15, 0.2) is 11.6 Å². The van der Waals surface area contributed by atoms with Crippen LogP contribution >= 0.6 is 0 Å². The first-order valence-corrected chi connectivity index (χ1v) is 6.60. The van der Waals surface area contributed by atoms with Crippen LogP contribution in [-0.2, 0) is 0 Å². The summed E-state index contributed by atoms with van der Waals surface area (Å²) in [7, 11) is 0. The number of benzene rings is 1. The lowest BCUT2D eigenvalue weighted by atomic mass is 10.2. The monoisotopic (exact) mass is 277 g/mol. The summed E-state index contributed by atoms with van der Waals surface area (Å²) in [5.74, 6) is -0.271. The fourth-order valence-electron chi connectivity index (χ4n) is 2.04. The third-order valence-electron chi connectivity index (χ3n) is 3.33. The van der Waals surface area contributed by atoms with Crippen LogP contribution in [0.5, 0.6) is 5.75 Å². The Bertz CT molecular complexity index is 647. The lowest BCUT2D eigenvalue weighted by Crippen LogP contribution is -2.10. The fourth-order valence-corrected chi connectivity index (χ4v) is 2.04. The average Bonchev–Trinajstić information content (AvgIpc) is 2.60. The summed E-state index contributed by atoms with van der Waals surface area (Å²) in [4.78, 5) is 0. The van der Waals surface area contributed by atoms with Crippen LogP contribution in [0.4, 0.5) is 10.1 Å². The number of anilines is 1. The summed E-state index contributed by atoms with van der Waals surface area (Å²) in [5.41, 5.74) is 9.91. The minimum atomic E-state index is -0.460. The Morgan fingerprint density at radius 2 is 1.90 bits per heavy atom. The molecule has 0 radical (unpaired) electrons. The van der Waals surface area contributed by atoms with Crippen molar-refractivity contribution in [2.45, 2.75) is 40.7 Å². The predicted molar refractivity (Wildman–Crippen MR) is 77.9 cm³/mol. The SMILES string of the molecule is Cc1nn(-c2cc(OC(C)C)c(F)cc2N)c(C)c1C. The van der Waals surface area contributed by atoms with Crippen LogP contribution in [0, 0.1) is 26.6 Å². The van der Waals surface area contributed by atoms with Gasteiger partial charge in [-0.3, -0.25) is 0 Å². The van der Waals surface area contributed by atoms with E-state index in [0.29, 0.717) is 11.4 Å². The molecule has 0 aliphatic rings. The van der Waals surface area contributed by atoms with Crippen molar-refractivity contribution in [2.24, 2.45) is 0 Å². The van der Waals surface area contributed by atoms with Gasteiger partial charge in [-0.15, -0.1) is 0 Å². The molecule has 1 aromatic heterocycles. The van der Waals surface area contributed by atoms with Crippen LogP contribution in [0.15, 0.2) is 12.1 Å². The summed E-state index contributed by atoms with van der Waals surface area (Å²) < 4.78 is 21.1. The minimum absolute atomic E-state index is 0.108. The van der Waals surface area contributed by atoms with Crippen LogP contribution < -0.4 is 10.5 Å². The highest BCUT2D eigenvalue weighted by Crippen LogP contribution is 2.29.